The largest absolute Gasteiger partial charge is 0.300 e. The second kappa shape index (κ2) is 6.03. The first kappa shape index (κ1) is 14.4. The van der Waals surface area contributed by atoms with Crippen LogP contribution in [0, 0.1) is 23.2 Å². The molecular formula is C17H29N3. The van der Waals surface area contributed by atoms with E-state index in [9.17, 15) is 5.26 Å². The molecule has 3 saturated carbocycles. The monoisotopic (exact) mass is 275 g/mol. The highest BCUT2D eigenvalue weighted by Gasteiger charge is 2.40. The van der Waals surface area contributed by atoms with Crippen LogP contribution in [0.5, 0.6) is 0 Å². The average molecular weight is 275 g/mol. The van der Waals surface area contributed by atoms with Gasteiger partial charge in [0.1, 0.15) is 5.54 Å². The van der Waals surface area contributed by atoms with Crippen LogP contribution in [-0.4, -0.2) is 36.1 Å². The first-order valence-electron chi connectivity index (χ1n) is 8.65. The molecule has 0 saturated heterocycles. The fourth-order valence-electron chi connectivity index (χ4n) is 3.83. The maximum absolute atomic E-state index is 9.63. The Labute approximate surface area is 123 Å². The zero-order valence-electron chi connectivity index (χ0n) is 12.9. The minimum absolute atomic E-state index is 0.247. The molecule has 3 nitrogen and oxygen atoms in total. The van der Waals surface area contributed by atoms with Gasteiger partial charge in [0.05, 0.1) is 6.07 Å². The Bertz CT molecular complexity index is 349. The molecule has 0 aromatic carbocycles. The number of nitrogens with one attached hydrogen (secondary N) is 1. The third kappa shape index (κ3) is 3.54. The summed E-state index contributed by atoms with van der Waals surface area (Å²) in [5, 5.41) is 13.1. The smallest absolute Gasteiger partial charge is 0.108 e. The predicted octanol–water partition coefficient (Wildman–Crippen LogP) is 2.92. The molecule has 0 aromatic rings. The van der Waals surface area contributed by atoms with E-state index in [1.807, 2.05) is 0 Å². The number of hydrogen-bond donors (Lipinski definition) is 1. The molecule has 0 radical (unpaired) electrons. The van der Waals surface area contributed by atoms with E-state index in [0.717, 1.165) is 31.2 Å². The Balaban J connectivity index is 1.63. The van der Waals surface area contributed by atoms with Crippen molar-refractivity contribution in [3.63, 3.8) is 0 Å². The molecule has 3 rings (SSSR count). The molecule has 0 heterocycles. The molecule has 3 fully saturated rings. The molecule has 20 heavy (non-hydrogen) atoms. The van der Waals surface area contributed by atoms with Gasteiger partial charge in [0.15, 0.2) is 0 Å². The highest BCUT2D eigenvalue weighted by molar-refractivity contribution is 5.11. The summed E-state index contributed by atoms with van der Waals surface area (Å²) in [6.07, 6.45) is 10.3. The quantitative estimate of drug-likeness (QED) is 0.776. The number of nitriles is 1. The van der Waals surface area contributed by atoms with Crippen molar-refractivity contribution < 1.29 is 0 Å². The lowest BCUT2D eigenvalue weighted by Crippen LogP contribution is -2.53. The van der Waals surface area contributed by atoms with Gasteiger partial charge in [-0.05, 0) is 69.7 Å². The average Bonchev–Trinajstić information content (AvgIpc) is 3.34. The molecule has 3 aliphatic carbocycles. The first-order valence-corrected chi connectivity index (χ1v) is 8.65. The lowest BCUT2D eigenvalue weighted by molar-refractivity contribution is 0.111. The number of hydrogen-bond acceptors (Lipinski definition) is 3. The van der Waals surface area contributed by atoms with Crippen molar-refractivity contribution in [1.82, 2.24) is 10.2 Å². The van der Waals surface area contributed by atoms with Crippen LogP contribution < -0.4 is 5.32 Å². The highest BCUT2D eigenvalue weighted by Crippen LogP contribution is 2.38. The summed E-state index contributed by atoms with van der Waals surface area (Å²) in [7, 11) is 0. The van der Waals surface area contributed by atoms with Crippen LogP contribution in [0.25, 0.3) is 0 Å². The molecule has 1 N–H and O–H groups in total. The van der Waals surface area contributed by atoms with Gasteiger partial charge in [-0.1, -0.05) is 6.92 Å². The van der Waals surface area contributed by atoms with Crippen molar-refractivity contribution in [2.24, 2.45) is 11.8 Å². The molecule has 112 valence electrons. The van der Waals surface area contributed by atoms with Crippen LogP contribution in [0.2, 0.25) is 0 Å². The Morgan fingerprint density at radius 3 is 2.30 bits per heavy atom. The molecule has 3 heteroatoms. The molecule has 0 spiro atoms. The van der Waals surface area contributed by atoms with Gasteiger partial charge < -0.3 is 0 Å². The van der Waals surface area contributed by atoms with Gasteiger partial charge in [0, 0.05) is 19.1 Å². The topological polar surface area (TPSA) is 39.1 Å². The molecule has 2 unspecified atom stereocenters. The lowest BCUT2D eigenvalue weighted by atomic mass is 9.79. The van der Waals surface area contributed by atoms with Gasteiger partial charge in [-0.15, -0.1) is 0 Å². The molecule has 0 aromatic heterocycles. The molecule has 3 aliphatic rings. The van der Waals surface area contributed by atoms with Crippen molar-refractivity contribution in [3.8, 4) is 6.07 Å². The predicted molar refractivity (Wildman–Crippen MR) is 81.3 cm³/mol. The summed E-state index contributed by atoms with van der Waals surface area (Å²) < 4.78 is 0. The molecule has 2 atom stereocenters. The maximum atomic E-state index is 9.63. The maximum Gasteiger partial charge on any atom is 0.108 e. The van der Waals surface area contributed by atoms with Gasteiger partial charge in [-0.3, -0.25) is 10.2 Å². The summed E-state index contributed by atoms with van der Waals surface area (Å²) in [5.41, 5.74) is -0.247. The minimum Gasteiger partial charge on any atom is -0.300 e. The van der Waals surface area contributed by atoms with E-state index >= 15 is 0 Å². The fourth-order valence-corrected chi connectivity index (χ4v) is 3.83. The Kier molecular flexibility index (Phi) is 4.33. The van der Waals surface area contributed by atoms with E-state index < -0.39 is 0 Å². The lowest BCUT2D eigenvalue weighted by Gasteiger charge is -2.42. The van der Waals surface area contributed by atoms with Crippen LogP contribution in [0.4, 0.5) is 0 Å². The van der Waals surface area contributed by atoms with Gasteiger partial charge in [0.25, 0.3) is 0 Å². The Hall–Kier alpha value is -0.590. The van der Waals surface area contributed by atoms with E-state index in [0.29, 0.717) is 6.04 Å². The van der Waals surface area contributed by atoms with E-state index in [1.54, 1.807) is 0 Å². The third-order valence-electron chi connectivity index (χ3n) is 5.35. The van der Waals surface area contributed by atoms with E-state index in [-0.39, 0.29) is 5.54 Å². The summed E-state index contributed by atoms with van der Waals surface area (Å²) >= 11 is 0. The van der Waals surface area contributed by atoms with Crippen molar-refractivity contribution in [2.75, 3.05) is 19.6 Å². The van der Waals surface area contributed by atoms with Crippen LogP contribution in [0.15, 0.2) is 0 Å². The van der Waals surface area contributed by atoms with Crippen molar-refractivity contribution in [2.45, 2.75) is 69.9 Å². The molecule has 0 aliphatic heterocycles. The van der Waals surface area contributed by atoms with Crippen molar-refractivity contribution in [1.29, 1.82) is 5.26 Å². The minimum atomic E-state index is -0.247. The number of nitrogens with zero attached hydrogens (tertiary/aromatic N) is 2. The SMILES string of the molecule is CCNC1(C#N)CCCC(N(CC2CC2)CC2CC2)C1. The Morgan fingerprint density at radius 2 is 1.80 bits per heavy atom. The van der Waals surface area contributed by atoms with Crippen LogP contribution in [0.3, 0.4) is 0 Å². The van der Waals surface area contributed by atoms with Crippen LogP contribution in [0.1, 0.15) is 58.3 Å². The normalized spacial score (nSPS) is 34.1. The van der Waals surface area contributed by atoms with Gasteiger partial charge in [-0.25, -0.2) is 0 Å². The van der Waals surface area contributed by atoms with Crippen molar-refractivity contribution >= 4 is 0 Å². The van der Waals surface area contributed by atoms with E-state index in [2.05, 4.69) is 23.2 Å². The fraction of sp³-hybridized carbons (Fsp3) is 0.941. The van der Waals surface area contributed by atoms with Crippen molar-refractivity contribution in [3.05, 3.63) is 0 Å². The van der Waals surface area contributed by atoms with Crippen LogP contribution >= 0.6 is 0 Å². The standard InChI is InChI=1S/C17H29N3/c1-2-19-17(13-18)9-3-4-16(10-17)20(11-14-5-6-14)12-15-7-8-15/h14-16,19H,2-12H2,1H3. The molecule has 0 bridgehead atoms. The Morgan fingerprint density at radius 1 is 1.15 bits per heavy atom. The summed E-state index contributed by atoms with van der Waals surface area (Å²) in [6.45, 7) is 5.63. The number of rotatable bonds is 7. The van der Waals surface area contributed by atoms with Gasteiger partial charge >= 0.3 is 0 Å². The van der Waals surface area contributed by atoms with E-state index in [1.165, 1.54) is 51.6 Å². The summed E-state index contributed by atoms with van der Waals surface area (Å²) in [5.74, 6) is 1.93. The first-order chi connectivity index (χ1) is 9.74. The zero-order chi connectivity index (χ0) is 14.0. The van der Waals surface area contributed by atoms with Gasteiger partial charge in [-0.2, -0.15) is 5.26 Å². The third-order valence-corrected chi connectivity index (χ3v) is 5.35. The summed E-state index contributed by atoms with van der Waals surface area (Å²) in [4.78, 5) is 2.76. The van der Waals surface area contributed by atoms with E-state index in [4.69, 9.17) is 0 Å². The van der Waals surface area contributed by atoms with Crippen LogP contribution in [-0.2, 0) is 0 Å². The second-order valence-corrected chi connectivity index (χ2v) is 7.32. The molecular weight excluding hydrogens is 246 g/mol. The van der Waals surface area contributed by atoms with Gasteiger partial charge in [0.2, 0.25) is 0 Å². The molecule has 0 amide bonds. The second-order valence-electron chi connectivity index (χ2n) is 7.32. The summed E-state index contributed by atoms with van der Waals surface area (Å²) in [6, 6.07) is 3.25. The zero-order valence-corrected chi connectivity index (χ0v) is 12.9. The highest BCUT2D eigenvalue weighted by atomic mass is 15.2.